The summed E-state index contributed by atoms with van der Waals surface area (Å²) in [6, 6.07) is 63.6. The zero-order valence-electron chi connectivity index (χ0n) is 32.2. The molecule has 0 saturated carbocycles. The lowest BCUT2D eigenvalue weighted by Gasteiger charge is -2.19. The lowest BCUT2D eigenvalue weighted by molar-refractivity contribution is 0.814. The highest BCUT2D eigenvalue weighted by atomic mass is 15.0. The second-order valence-electron chi connectivity index (χ2n) is 15.1. The molecule has 1 unspecified atom stereocenters. The highest BCUT2D eigenvalue weighted by Gasteiger charge is 2.20. The van der Waals surface area contributed by atoms with Crippen LogP contribution >= 0.6 is 0 Å². The van der Waals surface area contributed by atoms with Gasteiger partial charge < -0.3 is 0 Å². The van der Waals surface area contributed by atoms with Crippen molar-refractivity contribution in [3.05, 3.63) is 218 Å². The molecule has 278 valence electrons. The Morgan fingerprint density at radius 3 is 1.92 bits per heavy atom. The first-order valence-electron chi connectivity index (χ1n) is 20.1. The van der Waals surface area contributed by atoms with Crippen LogP contribution in [0.3, 0.4) is 0 Å². The van der Waals surface area contributed by atoms with Crippen LogP contribution in [0.25, 0.3) is 89.3 Å². The summed E-state index contributed by atoms with van der Waals surface area (Å²) in [5.74, 6) is 0.831. The fourth-order valence-corrected chi connectivity index (χ4v) is 8.32. The minimum atomic E-state index is 0.115. The van der Waals surface area contributed by atoms with Crippen LogP contribution in [0.4, 0.5) is 0 Å². The van der Waals surface area contributed by atoms with Gasteiger partial charge in [-0.15, -0.1) is 0 Å². The van der Waals surface area contributed by atoms with Crippen molar-refractivity contribution in [2.75, 3.05) is 0 Å². The number of allylic oxidation sites excluding steroid dienone is 4. The van der Waals surface area contributed by atoms with Gasteiger partial charge in [0.1, 0.15) is 11.2 Å². The largest absolute Gasteiger partial charge is 0.298 e. The molecule has 0 aliphatic heterocycles. The van der Waals surface area contributed by atoms with Gasteiger partial charge in [0.25, 0.3) is 0 Å². The summed E-state index contributed by atoms with van der Waals surface area (Å²) in [6.45, 7) is 0. The van der Waals surface area contributed by atoms with E-state index in [1.165, 1.54) is 16.7 Å². The average Bonchev–Trinajstić information content (AvgIpc) is 3.72. The maximum Gasteiger partial charge on any atom is 0.160 e. The number of fused-ring (bicyclic) bond motifs is 5. The van der Waals surface area contributed by atoms with Gasteiger partial charge in [-0.25, -0.2) is 19.9 Å². The van der Waals surface area contributed by atoms with Gasteiger partial charge in [-0.3, -0.25) is 4.40 Å². The lowest BCUT2D eigenvalue weighted by atomic mass is 9.89. The Balaban J connectivity index is 0.955. The van der Waals surface area contributed by atoms with E-state index in [1.54, 1.807) is 0 Å². The molecule has 5 nitrogen and oxygen atoms in total. The van der Waals surface area contributed by atoms with Crippen LogP contribution in [0.2, 0.25) is 0 Å². The Bertz CT molecular complexity index is 3220. The summed E-state index contributed by atoms with van der Waals surface area (Å²) >= 11 is 0. The Labute approximate surface area is 342 Å². The fourth-order valence-electron chi connectivity index (χ4n) is 8.32. The molecule has 0 radical (unpaired) electrons. The molecule has 6 aromatic carbocycles. The van der Waals surface area contributed by atoms with Crippen LogP contribution in [0.5, 0.6) is 0 Å². The molecule has 59 heavy (non-hydrogen) atoms. The topological polar surface area (TPSA) is 56.0 Å². The Morgan fingerprint density at radius 2 is 1.12 bits per heavy atom. The number of nitrogens with zero attached hydrogens (tertiary/aromatic N) is 5. The van der Waals surface area contributed by atoms with E-state index in [2.05, 4.69) is 180 Å². The highest BCUT2D eigenvalue weighted by molar-refractivity contribution is 6.09. The van der Waals surface area contributed by atoms with E-state index in [4.69, 9.17) is 19.9 Å². The van der Waals surface area contributed by atoms with Crippen molar-refractivity contribution in [2.45, 2.75) is 12.3 Å². The summed E-state index contributed by atoms with van der Waals surface area (Å²) in [5, 5.41) is 1.05. The smallest absolute Gasteiger partial charge is 0.160 e. The summed E-state index contributed by atoms with van der Waals surface area (Å²) in [5.41, 5.74) is 16.7. The Hall–Kier alpha value is -7.76. The Kier molecular flexibility index (Phi) is 8.55. The van der Waals surface area contributed by atoms with E-state index in [1.807, 2.05) is 30.3 Å². The number of benzene rings is 6. The van der Waals surface area contributed by atoms with E-state index in [0.29, 0.717) is 5.82 Å². The third kappa shape index (κ3) is 6.49. The van der Waals surface area contributed by atoms with Crippen molar-refractivity contribution in [2.24, 2.45) is 0 Å². The van der Waals surface area contributed by atoms with Gasteiger partial charge in [0.2, 0.25) is 0 Å². The summed E-state index contributed by atoms with van der Waals surface area (Å²) in [6.07, 6.45) is 9.79. The molecular weight excluding hydrogens is 719 g/mol. The minimum absolute atomic E-state index is 0.115. The Morgan fingerprint density at radius 1 is 0.475 bits per heavy atom. The first-order valence-corrected chi connectivity index (χ1v) is 20.1. The first-order chi connectivity index (χ1) is 29.2. The normalized spacial score (nSPS) is 13.9. The molecule has 0 fully saturated rings. The molecule has 4 aromatic heterocycles. The molecule has 11 rings (SSSR count). The molecule has 0 bridgehead atoms. The lowest BCUT2D eigenvalue weighted by Crippen LogP contribution is -2.05. The number of aromatic nitrogens is 5. The van der Waals surface area contributed by atoms with Gasteiger partial charge >= 0.3 is 0 Å². The summed E-state index contributed by atoms with van der Waals surface area (Å²) in [7, 11) is 0. The van der Waals surface area contributed by atoms with Crippen molar-refractivity contribution in [3.8, 4) is 56.2 Å². The van der Waals surface area contributed by atoms with Gasteiger partial charge in [0, 0.05) is 34.2 Å². The third-order valence-corrected chi connectivity index (χ3v) is 11.3. The molecule has 5 heteroatoms. The van der Waals surface area contributed by atoms with Crippen molar-refractivity contribution in [1.29, 1.82) is 0 Å². The van der Waals surface area contributed by atoms with Crippen LogP contribution in [0, 0.1) is 0 Å². The molecular formula is C54H37N5. The van der Waals surface area contributed by atoms with Crippen LogP contribution in [-0.4, -0.2) is 24.3 Å². The number of hydrogen-bond acceptors (Lipinski definition) is 4. The molecule has 1 aliphatic rings. The first kappa shape index (κ1) is 34.5. The third-order valence-electron chi connectivity index (χ3n) is 11.3. The monoisotopic (exact) mass is 755 g/mol. The molecule has 0 N–H and O–H groups in total. The quantitative estimate of drug-likeness (QED) is 0.163. The minimum Gasteiger partial charge on any atom is -0.298 e. The molecule has 1 atom stereocenters. The van der Waals surface area contributed by atoms with Crippen molar-refractivity contribution in [1.82, 2.24) is 24.3 Å². The standard InChI is InChI=1S/C54H37N5/c1-3-13-36(14-4-1)42-17-11-19-44(33-42)48-35-49(45-20-12-18-43(34-45)37-15-5-2-6-16-37)57-54(56-48)41-30-26-39(27-31-41)38-24-28-40(29-25-38)51-53-52(46-21-7-8-22-47(46)55-51)58-50-23-9-10-32-59(50)53/h1-19,21-35,45H,20H2. The van der Waals surface area contributed by atoms with E-state index in [9.17, 15) is 0 Å². The fraction of sp³-hybridized carbons (Fsp3) is 0.0370. The second-order valence-corrected chi connectivity index (χ2v) is 15.1. The van der Waals surface area contributed by atoms with Crippen LogP contribution in [0.15, 0.2) is 206 Å². The van der Waals surface area contributed by atoms with Crippen LogP contribution < -0.4 is 0 Å². The summed E-state index contributed by atoms with van der Waals surface area (Å²) < 4.78 is 2.14. The average molecular weight is 756 g/mol. The zero-order valence-corrected chi connectivity index (χ0v) is 32.2. The molecule has 10 aromatic rings. The number of hydrogen-bond donors (Lipinski definition) is 0. The SMILES string of the molecule is C1=CC(c2ccccc2)=CC(c2cc(-c3cccc(-c4ccccc4)c3)nc(-c3ccc(-c4ccc(-c5nc6ccccc6c6nc7ccccn7c56)cc4)cc3)n2)C1. The van der Waals surface area contributed by atoms with Crippen molar-refractivity contribution in [3.63, 3.8) is 0 Å². The van der Waals surface area contributed by atoms with Gasteiger partial charge in [-0.1, -0.05) is 170 Å². The molecule has 4 heterocycles. The van der Waals surface area contributed by atoms with Gasteiger partial charge in [-0.05, 0) is 70.1 Å². The van der Waals surface area contributed by atoms with Gasteiger partial charge in [-0.2, -0.15) is 0 Å². The van der Waals surface area contributed by atoms with Crippen LogP contribution in [-0.2, 0) is 0 Å². The number of pyridine rings is 2. The predicted molar refractivity (Wildman–Crippen MR) is 242 cm³/mol. The van der Waals surface area contributed by atoms with E-state index in [0.717, 1.165) is 84.5 Å². The zero-order chi connectivity index (χ0) is 39.1. The van der Waals surface area contributed by atoms with Crippen LogP contribution in [0.1, 0.15) is 23.6 Å². The van der Waals surface area contributed by atoms with Crippen molar-refractivity contribution < 1.29 is 0 Å². The molecule has 1 aliphatic carbocycles. The van der Waals surface area contributed by atoms with E-state index in [-0.39, 0.29) is 5.92 Å². The van der Waals surface area contributed by atoms with Crippen molar-refractivity contribution >= 4 is 33.2 Å². The highest BCUT2D eigenvalue weighted by Crippen LogP contribution is 2.37. The maximum absolute atomic E-state index is 5.27. The predicted octanol–water partition coefficient (Wildman–Crippen LogP) is 13.3. The maximum atomic E-state index is 5.27. The molecule has 0 saturated heterocycles. The number of para-hydroxylation sites is 1. The van der Waals surface area contributed by atoms with E-state index >= 15 is 0 Å². The summed E-state index contributed by atoms with van der Waals surface area (Å²) in [4.78, 5) is 20.7. The molecule has 0 spiro atoms. The number of rotatable bonds is 7. The van der Waals surface area contributed by atoms with Gasteiger partial charge in [0.15, 0.2) is 5.82 Å². The second kappa shape index (κ2) is 14.6. The molecule has 0 amide bonds. The van der Waals surface area contributed by atoms with E-state index < -0.39 is 0 Å². The number of imidazole rings is 1. The van der Waals surface area contributed by atoms with Gasteiger partial charge in [0.05, 0.1) is 28.1 Å².